The molecule has 0 heterocycles. The molecule has 0 aromatic heterocycles. The molecule has 0 saturated heterocycles. The van der Waals surface area contributed by atoms with Gasteiger partial charge in [-0.25, -0.2) is 4.99 Å². The van der Waals surface area contributed by atoms with Gasteiger partial charge < -0.3 is 10.6 Å². The van der Waals surface area contributed by atoms with Gasteiger partial charge in [0.25, 0.3) is 0 Å². The van der Waals surface area contributed by atoms with Gasteiger partial charge in [-0.15, -0.1) is 0 Å². The number of rotatable bonds is 4. The summed E-state index contributed by atoms with van der Waals surface area (Å²) in [5, 5.41) is 6.67. The van der Waals surface area contributed by atoms with Crippen LogP contribution in [0.25, 0.3) is 0 Å². The summed E-state index contributed by atoms with van der Waals surface area (Å²) in [5.74, 6) is 0.926. The van der Waals surface area contributed by atoms with E-state index in [2.05, 4.69) is 50.6 Å². The Morgan fingerprint density at radius 3 is 2.94 bits per heavy atom. The van der Waals surface area contributed by atoms with Crippen LogP contribution in [0.1, 0.15) is 25.3 Å². The smallest absolute Gasteiger partial charge is 0.191 e. The molecule has 0 bridgehead atoms. The molecule has 2 rings (SSSR count). The van der Waals surface area contributed by atoms with Gasteiger partial charge in [-0.1, -0.05) is 28.1 Å². The average molecular weight is 296 g/mol. The maximum Gasteiger partial charge on any atom is 0.191 e. The zero-order chi connectivity index (χ0) is 12.1. The largest absolute Gasteiger partial charge is 0.357 e. The lowest BCUT2D eigenvalue weighted by Gasteiger charge is -2.10. The molecule has 0 radical (unpaired) electrons. The summed E-state index contributed by atoms with van der Waals surface area (Å²) in [6.45, 7) is 3.70. The molecule has 1 aliphatic carbocycles. The van der Waals surface area contributed by atoms with Gasteiger partial charge in [-0.3, -0.25) is 0 Å². The van der Waals surface area contributed by atoms with Gasteiger partial charge in [0.1, 0.15) is 0 Å². The third-order valence-corrected chi connectivity index (χ3v) is 3.06. The van der Waals surface area contributed by atoms with E-state index < -0.39 is 0 Å². The summed E-state index contributed by atoms with van der Waals surface area (Å²) >= 11 is 3.47. The van der Waals surface area contributed by atoms with Crippen molar-refractivity contribution in [1.29, 1.82) is 0 Å². The Kier molecular flexibility index (Phi) is 4.42. The maximum atomic E-state index is 4.58. The summed E-state index contributed by atoms with van der Waals surface area (Å²) in [5.41, 5.74) is 1.22. The number of benzene rings is 1. The topological polar surface area (TPSA) is 36.4 Å². The van der Waals surface area contributed by atoms with E-state index in [0.29, 0.717) is 12.6 Å². The fraction of sp³-hybridized carbons (Fsp3) is 0.462. The van der Waals surface area contributed by atoms with E-state index in [9.17, 15) is 0 Å². The van der Waals surface area contributed by atoms with Gasteiger partial charge in [-0.2, -0.15) is 0 Å². The number of hydrogen-bond donors (Lipinski definition) is 2. The summed E-state index contributed by atoms with van der Waals surface area (Å²) in [4.78, 5) is 4.58. The summed E-state index contributed by atoms with van der Waals surface area (Å²) in [6, 6.07) is 8.89. The van der Waals surface area contributed by atoms with Crippen LogP contribution < -0.4 is 10.6 Å². The van der Waals surface area contributed by atoms with E-state index in [1.165, 1.54) is 18.4 Å². The van der Waals surface area contributed by atoms with Crippen LogP contribution in [-0.4, -0.2) is 18.5 Å². The average Bonchev–Trinajstić information content (AvgIpc) is 3.10. The molecule has 0 aliphatic heterocycles. The molecular weight excluding hydrogens is 278 g/mol. The first-order valence-corrected chi connectivity index (χ1v) is 6.86. The van der Waals surface area contributed by atoms with Crippen LogP contribution in [-0.2, 0) is 6.54 Å². The van der Waals surface area contributed by atoms with Gasteiger partial charge in [0, 0.05) is 17.1 Å². The number of guanidine groups is 1. The maximum absolute atomic E-state index is 4.58. The summed E-state index contributed by atoms with van der Waals surface area (Å²) in [6.07, 6.45) is 2.53. The van der Waals surface area contributed by atoms with E-state index in [0.717, 1.165) is 17.0 Å². The lowest BCUT2D eigenvalue weighted by Crippen LogP contribution is -2.38. The van der Waals surface area contributed by atoms with Gasteiger partial charge >= 0.3 is 0 Å². The fourth-order valence-corrected chi connectivity index (χ4v) is 1.99. The first kappa shape index (κ1) is 12.4. The highest BCUT2D eigenvalue weighted by Crippen LogP contribution is 2.18. The lowest BCUT2D eigenvalue weighted by molar-refractivity contribution is 0.812. The zero-order valence-electron chi connectivity index (χ0n) is 10.0. The predicted molar refractivity (Wildman–Crippen MR) is 75.1 cm³/mol. The number of hydrogen-bond acceptors (Lipinski definition) is 1. The highest BCUT2D eigenvalue weighted by atomic mass is 79.9. The van der Waals surface area contributed by atoms with Crippen molar-refractivity contribution >= 4 is 21.9 Å². The van der Waals surface area contributed by atoms with Crippen LogP contribution in [0.3, 0.4) is 0 Å². The first-order chi connectivity index (χ1) is 8.28. The second-order valence-electron chi connectivity index (χ2n) is 4.24. The van der Waals surface area contributed by atoms with Gasteiger partial charge in [0.05, 0.1) is 6.54 Å². The minimum absolute atomic E-state index is 0.635. The van der Waals surface area contributed by atoms with E-state index in [1.807, 2.05) is 12.1 Å². The molecule has 0 unspecified atom stereocenters. The van der Waals surface area contributed by atoms with Crippen LogP contribution in [0.4, 0.5) is 0 Å². The zero-order valence-corrected chi connectivity index (χ0v) is 11.6. The Bertz CT molecular complexity index is 399. The molecule has 0 atom stereocenters. The Morgan fingerprint density at radius 1 is 1.47 bits per heavy atom. The van der Waals surface area contributed by atoms with Crippen LogP contribution in [0, 0.1) is 0 Å². The van der Waals surface area contributed by atoms with E-state index in [4.69, 9.17) is 0 Å². The molecule has 1 aromatic carbocycles. The quantitative estimate of drug-likeness (QED) is 0.662. The normalized spacial score (nSPS) is 15.8. The van der Waals surface area contributed by atoms with Crippen molar-refractivity contribution in [3.63, 3.8) is 0 Å². The molecule has 1 saturated carbocycles. The molecule has 2 N–H and O–H groups in total. The molecule has 0 spiro atoms. The van der Waals surface area contributed by atoms with E-state index in [-0.39, 0.29) is 0 Å². The Morgan fingerprint density at radius 2 is 2.29 bits per heavy atom. The van der Waals surface area contributed by atoms with Crippen LogP contribution in [0.5, 0.6) is 0 Å². The second kappa shape index (κ2) is 6.05. The molecule has 1 aliphatic rings. The molecule has 17 heavy (non-hydrogen) atoms. The first-order valence-electron chi connectivity index (χ1n) is 6.07. The van der Waals surface area contributed by atoms with Crippen molar-refractivity contribution in [1.82, 2.24) is 10.6 Å². The standard InChI is InChI=1S/C13H18BrN3/c1-2-15-13(17-12-6-7-12)16-9-10-4-3-5-11(14)8-10/h3-5,8,12H,2,6-7,9H2,1H3,(H2,15,16,17). The van der Waals surface area contributed by atoms with Crippen molar-refractivity contribution in [2.45, 2.75) is 32.4 Å². The number of nitrogens with zero attached hydrogens (tertiary/aromatic N) is 1. The predicted octanol–water partition coefficient (Wildman–Crippen LogP) is 2.67. The van der Waals surface area contributed by atoms with E-state index in [1.54, 1.807) is 0 Å². The Balaban J connectivity index is 1.95. The molecule has 3 nitrogen and oxygen atoms in total. The second-order valence-corrected chi connectivity index (χ2v) is 5.16. The van der Waals surface area contributed by atoms with Crippen LogP contribution in [0.2, 0.25) is 0 Å². The fourth-order valence-electron chi connectivity index (χ4n) is 1.55. The van der Waals surface area contributed by atoms with Crippen molar-refractivity contribution in [2.75, 3.05) is 6.54 Å². The molecular formula is C13H18BrN3. The Labute approximate surface area is 111 Å². The molecule has 1 fully saturated rings. The third kappa shape index (κ3) is 4.38. The van der Waals surface area contributed by atoms with Crippen LogP contribution in [0.15, 0.2) is 33.7 Å². The van der Waals surface area contributed by atoms with Crippen molar-refractivity contribution in [2.24, 2.45) is 4.99 Å². The summed E-state index contributed by atoms with van der Waals surface area (Å²) in [7, 11) is 0. The van der Waals surface area contributed by atoms with Gasteiger partial charge in [-0.05, 0) is 37.5 Å². The van der Waals surface area contributed by atoms with Gasteiger partial charge in [0.15, 0.2) is 5.96 Å². The molecule has 4 heteroatoms. The Hall–Kier alpha value is -1.03. The number of halogens is 1. The van der Waals surface area contributed by atoms with Crippen molar-refractivity contribution < 1.29 is 0 Å². The van der Waals surface area contributed by atoms with E-state index >= 15 is 0 Å². The SMILES string of the molecule is CCNC(=NCc1cccc(Br)c1)NC1CC1. The molecule has 92 valence electrons. The summed E-state index contributed by atoms with van der Waals surface area (Å²) < 4.78 is 1.10. The number of aliphatic imine (C=N–C) groups is 1. The highest BCUT2D eigenvalue weighted by molar-refractivity contribution is 9.10. The van der Waals surface area contributed by atoms with Crippen molar-refractivity contribution in [3.8, 4) is 0 Å². The molecule has 0 amide bonds. The number of nitrogens with one attached hydrogen (secondary N) is 2. The monoisotopic (exact) mass is 295 g/mol. The van der Waals surface area contributed by atoms with Gasteiger partial charge in [0.2, 0.25) is 0 Å². The van der Waals surface area contributed by atoms with Crippen molar-refractivity contribution in [3.05, 3.63) is 34.3 Å². The minimum atomic E-state index is 0.635. The highest BCUT2D eigenvalue weighted by Gasteiger charge is 2.21. The van der Waals surface area contributed by atoms with Crippen LogP contribution >= 0.6 is 15.9 Å². The lowest BCUT2D eigenvalue weighted by atomic mass is 10.2. The minimum Gasteiger partial charge on any atom is -0.357 e. The third-order valence-electron chi connectivity index (χ3n) is 2.57. The molecule has 1 aromatic rings.